The maximum atomic E-state index is 13.4. The molecule has 9 heteroatoms. The molecular weight excluding hydrogens is 350 g/mol. The van der Waals surface area contributed by atoms with Crippen molar-refractivity contribution in [1.29, 1.82) is 0 Å². The number of nitrogen functional groups attached to an aromatic ring is 1. The molecule has 0 saturated heterocycles. The zero-order chi connectivity index (χ0) is 19.9. The number of aromatic nitrogens is 4. The van der Waals surface area contributed by atoms with Crippen molar-refractivity contribution in [2.75, 3.05) is 5.73 Å². The van der Waals surface area contributed by atoms with Crippen molar-refractivity contribution in [2.45, 2.75) is 5.11 Å². The summed E-state index contributed by atoms with van der Waals surface area (Å²) in [6.07, 6.45) is 1.83. The molecule has 0 saturated carbocycles. The Balaban J connectivity index is 1.95. The largest absolute Gasteiger partial charge is 0.366 e. The van der Waals surface area contributed by atoms with Crippen LogP contribution in [0.5, 0.6) is 0 Å². The number of pyridine rings is 1. The third kappa shape index (κ3) is 3.35. The molecule has 0 radical (unpaired) electrons. The van der Waals surface area contributed by atoms with E-state index in [9.17, 15) is 4.39 Å². The molecule has 2 N–H and O–H groups in total. The molecule has 0 unspecified atom stereocenters. The summed E-state index contributed by atoms with van der Waals surface area (Å²) in [6, 6.07) is 14.1. The van der Waals surface area contributed by atoms with Crippen LogP contribution >= 0.6 is 0 Å². The average Bonchev–Trinajstić information content (AvgIpc) is 2.67. The Morgan fingerprint density at radius 1 is 0.857 bits per heavy atom. The fourth-order valence-corrected chi connectivity index (χ4v) is 3.29. The maximum absolute atomic E-state index is 13.4. The number of benzene rings is 2. The van der Waals surface area contributed by atoms with E-state index in [1.165, 1.54) is 17.7 Å². The first-order chi connectivity index (χ1) is 13.3. The van der Waals surface area contributed by atoms with Gasteiger partial charge in [0.1, 0.15) is 17.2 Å². The summed E-state index contributed by atoms with van der Waals surface area (Å²) in [6.45, 7) is 0. The third-order valence-corrected chi connectivity index (χ3v) is 4.64. The molecule has 28 heavy (non-hydrogen) atoms. The molecule has 0 fully saturated rings. The first kappa shape index (κ1) is 18.2. The van der Waals surface area contributed by atoms with Crippen LogP contribution < -0.4 is 5.73 Å². The third-order valence-electron chi connectivity index (χ3n) is 4.64. The number of nitrogens with two attached hydrogens (primary N) is 1. The van der Waals surface area contributed by atoms with E-state index in [-0.39, 0.29) is 16.9 Å². The van der Waals surface area contributed by atoms with E-state index in [1.54, 1.807) is 12.1 Å². The maximum Gasteiger partial charge on any atom is 0.240 e. The van der Waals surface area contributed by atoms with Gasteiger partial charge in [-0.05, 0) is 42.5 Å². The van der Waals surface area contributed by atoms with Gasteiger partial charge in [0, 0.05) is 22.7 Å². The van der Waals surface area contributed by atoms with Crippen molar-refractivity contribution in [3.8, 4) is 22.5 Å². The number of hydrogen-bond donors (Lipinski definition) is 1. The van der Waals surface area contributed by atoms with Gasteiger partial charge >= 0.3 is 0 Å². The molecule has 0 aliphatic carbocycles. The van der Waals surface area contributed by atoms with Crippen molar-refractivity contribution in [3.05, 3.63) is 66.1 Å². The molecule has 134 valence electrons. The number of rotatable bonds is 3. The molecule has 4 rings (SSSR count). The van der Waals surface area contributed by atoms with E-state index >= 15 is 0 Å². The molecule has 0 atom stereocenters. The minimum absolute atomic E-state index is 0.0371. The summed E-state index contributed by atoms with van der Waals surface area (Å²) in [5.41, 5.74) is 10.6. The van der Waals surface area contributed by atoms with E-state index in [0.29, 0.717) is 11.4 Å². The van der Waals surface area contributed by atoms with E-state index in [1.807, 2.05) is 24.4 Å². The molecule has 2 heterocycles. The van der Waals surface area contributed by atoms with Crippen LogP contribution in [-0.4, -0.2) is 43.7 Å². The number of halogens is 1. The second-order valence-electron chi connectivity index (χ2n) is 7.71. The Bertz CT molecular complexity index is 1180. The van der Waals surface area contributed by atoms with Crippen LogP contribution in [0.15, 0.2) is 54.7 Å². The topological polar surface area (TPSA) is 77.6 Å². The van der Waals surface area contributed by atoms with Crippen LogP contribution in [0.25, 0.3) is 33.4 Å². The summed E-state index contributed by atoms with van der Waals surface area (Å²) in [4.78, 5) is 8.85. The highest BCUT2D eigenvalue weighted by Gasteiger charge is 2.19. The predicted molar refractivity (Wildman–Crippen MR) is 118 cm³/mol. The summed E-state index contributed by atoms with van der Waals surface area (Å²) >= 11 is 0. The molecule has 4 aromatic rings. The van der Waals surface area contributed by atoms with Crippen molar-refractivity contribution < 1.29 is 4.39 Å². The predicted octanol–water partition coefficient (Wildman–Crippen LogP) is 0.485. The van der Waals surface area contributed by atoms with Gasteiger partial charge < -0.3 is 5.73 Å². The summed E-state index contributed by atoms with van der Waals surface area (Å²) in [5, 5.41) is 9.25. The molecular formula is C19H17B3FN5. The zero-order valence-corrected chi connectivity index (χ0v) is 15.9. The summed E-state index contributed by atoms with van der Waals surface area (Å²) in [7, 11) is 6.51. The lowest BCUT2D eigenvalue weighted by Crippen LogP contribution is -2.27. The van der Waals surface area contributed by atoms with Gasteiger partial charge in [-0.25, -0.2) is 9.37 Å². The standard InChI is InChI=1S/C19H17B3FN5/c20-19(21,22)14-7-8-25-15-6-3-11(9-13(14)15)17-16(26-18(24)28-27-17)10-1-4-12(23)5-2-10/h1-9H,20-22H2,(H2,24,26,28). The lowest BCUT2D eigenvalue weighted by atomic mass is 9.40. The normalized spacial score (nSPS) is 11.6. The number of anilines is 1. The van der Waals surface area contributed by atoms with E-state index < -0.39 is 0 Å². The Hall–Kier alpha value is -3.22. The van der Waals surface area contributed by atoms with Crippen LogP contribution in [0.4, 0.5) is 10.3 Å². The summed E-state index contributed by atoms with van der Waals surface area (Å²) in [5.74, 6) is -0.243. The fourth-order valence-electron chi connectivity index (χ4n) is 3.29. The molecule has 5 nitrogen and oxygen atoms in total. The average molecular weight is 367 g/mol. The lowest BCUT2D eigenvalue weighted by molar-refractivity contribution is 0.628. The first-order valence-corrected chi connectivity index (χ1v) is 8.99. The Morgan fingerprint density at radius 2 is 1.57 bits per heavy atom. The Labute approximate surface area is 164 Å². The van der Waals surface area contributed by atoms with Gasteiger partial charge in [0.2, 0.25) is 5.95 Å². The molecule has 2 aromatic heterocycles. The van der Waals surface area contributed by atoms with E-state index in [0.717, 1.165) is 22.0 Å². The van der Waals surface area contributed by atoms with Gasteiger partial charge in [0.05, 0.1) is 29.1 Å². The highest BCUT2D eigenvalue weighted by Crippen LogP contribution is 2.32. The second kappa shape index (κ2) is 6.75. The number of fused-ring (bicyclic) bond motifs is 1. The smallest absolute Gasteiger partial charge is 0.240 e. The lowest BCUT2D eigenvalue weighted by Gasteiger charge is -2.21. The Morgan fingerprint density at radius 3 is 2.29 bits per heavy atom. The van der Waals surface area contributed by atoms with Crippen LogP contribution in [0.2, 0.25) is 0 Å². The fraction of sp³-hybridized carbons (Fsp3) is 0.0526. The van der Waals surface area contributed by atoms with Crippen LogP contribution in [0.3, 0.4) is 0 Å². The van der Waals surface area contributed by atoms with Crippen LogP contribution in [0, 0.1) is 5.82 Å². The number of nitrogens with zero attached hydrogens (tertiary/aromatic N) is 4. The highest BCUT2D eigenvalue weighted by molar-refractivity contribution is 6.59. The van der Waals surface area contributed by atoms with Gasteiger partial charge in [-0.2, -0.15) is 0 Å². The molecule has 2 aromatic carbocycles. The second-order valence-corrected chi connectivity index (χ2v) is 7.71. The van der Waals surface area contributed by atoms with Crippen molar-refractivity contribution in [3.63, 3.8) is 0 Å². The minimum atomic E-state index is -0.313. The van der Waals surface area contributed by atoms with Crippen molar-refractivity contribution >= 4 is 40.4 Å². The van der Waals surface area contributed by atoms with Crippen molar-refractivity contribution in [1.82, 2.24) is 20.2 Å². The van der Waals surface area contributed by atoms with Gasteiger partial charge in [-0.3, -0.25) is 4.98 Å². The highest BCUT2D eigenvalue weighted by atomic mass is 19.1. The van der Waals surface area contributed by atoms with Crippen LogP contribution in [-0.2, 0) is 5.11 Å². The monoisotopic (exact) mass is 367 g/mol. The summed E-state index contributed by atoms with van der Waals surface area (Å²) < 4.78 is 13.4. The van der Waals surface area contributed by atoms with E-state index in [2.05, 4.69) is 49.8 Å². The van der Waals surface area contributed by atoms with Gasteiger partial charge in [0.15, 0.2) is 0 Å². The van der Waals surface area contributed by atoms with Gasteiger partial charge in [-0.1, -0.05) is 16.7 Å². The minimum Gasteiger partial charge on any atom is -0.366 e. The quantitative estimate of drug-likeness (QED) is 0.534. The SMILES string of the molecule is BC(B)(B)c1ccnc2ccc(-c3nnc(N)nc3-c3ccc(F)cc3)cc12. The molecule has 0 spiro atoms. The first-order valence-electron chi connectivity index (χ1n) is 8.99. The zero-order valence-electron chi connectivity index (χ0n) is 15.9. The van der Waals surface area contributed by atoms with Crippen molar-refractivity contribution in [2.24, 2.45) is 0 Å². The van der Waals surface area contributed by atoms with Gasteiger partial charge in [0.25, 0.3) is 0 Å². The van der Waals surface area contributed by atoms with Gasteiger partial charge in [-0.15, -0.1) is 10.2 Å². The number of hydrogen-bond acceptors (Lipinski definition) is 5. The molecule has 0 amide bonds. The Kier molecular flexibility index (Phi) is 4.38. The van der Waals surface area contributed by atoms with E-state index in [4.69, 9.17) is 5.73 Å². The molecule has 0 aliphatic rings. The van der Waals surface area contributed by atoms with Crippen LogP contribution in [0.1, 0.15) is 5.56 Å². The molecule has 0 aliphatic heterocycles. The molecule has 0 bridgehead atoms.